The van der Waals surface area contributed by atoms with Gasteiger partial charge >= 0.3 is 0 Å². The second kappa shape index (κ2) is 5.78. The van der Waals surface area contributed by atoms with Gasteiger partial charge in [-0.05, 0) is 36.6 Å². The maximum absolute atomic E-state index is 13.5. The van der Waals surface area contributed by atoms with Gasteiger partial charge in [0.1, 0.15) is 17.2 Å². The molecular formula is C15H18F2O2. The van der Waals surface area contributed by atoms with E-state index in [9.17, 15) is 18.7 Å². The number of hydrogen-bond acceptors (Lipinski definition) is 2. The standard InChI is InChI=1S/C15H18F2O2/c16-12-5-6-13(17)11(9-12)10-14(18)15(19)7-3-1-2-4-8-15/h5-6,9,19H,1-4,7-8,10H2. The second-order valence-electron chi connectivity index (χ2n) is 5.28. The van der Waals surface area contributed by atoms with Gasteiger partial charge in [-0.25, -0.2) is 8.78 Å². The number of ketones is 1. The highest BCUT2D eigenvalue weighted by molar-refractivity contribution is 5.89. The first-order chi connectivity index (χ1) is 9.01. The van der Waals surface area contributed by atoms with E-state index in [1.54, 1.807) is 0 Å². The van der Waals surface area contributed by atoms with Crippen molar-refractivity contribution in [3.63, 3.8) is 0 Å². The smallest absolute Gasteiger partial charge is 0.168 e. The van der Waals surface area contributed by atoms with E-state index in [1.165, 1.54) is 0 Å². The fourth-order valence-corrected chi connectivity index (χ4v) is 2.61. The monoisotopic (exact) mass is 268 g/mol. The Morgan fingerprint density at radius 1 is 1.16 bits per heavy atom. The van der Waals surface area contributed by atoms with Crippen LogP contribution >= 0.6 is 0 Å². The lowest BCUT2D eigenvalue weighted by Gasteiger charge is -2.25. The van der Waals surface area contributed by atoms with Crippen LogP contribution in [0.15, 0.2) is 18.2 Å². The van der Waals surface area contributed by atoms with Crippen LogP contribution in [0.2, 0.25) is 0 Å². The molecule has 0 aromatic heterocycles. The molecule has 0 aliphatic heterocycles. The van der Waals surface area contributed by atoms with Crippen LogP contribution in [0.3, 0.4) is 0 Å². The Balaban J connectivity index is 2.13. The number of Topliss-reactive ketones (excluding diaryl/α,β-unsaturated/α-hetero) is 1. The molecule has 0 heterocycles. The zero-order valence-electron chi connectivity index (χ0n) is 10.8. The number of aliphatic hydroxyl groups is 1. The Hall–Kier alpha value is -1.29. The molecule has 19 heavy (non-hydrogen) atoms. The molecule has 1 aliphatic carbocycles. The van der Waals surface area contributed by atoms with E-state index >= 15 is 0 Å². The summed E-state index contributed by atoms with van der Waals surface area (Å²) in [5.41, 5.74) is -1.35. The fourth-order valence-electron chi connectivity index (χ4n) is 2.61. The molecule has 1 saturated carbocycles. The maximum Gasteiger partial charge on any atom is 0.168 e. The van der Waals surface area contributed by atoms with Crippen molar-refractivity contribution >= 4 is 5.78 Å². The highest BCUT2D eigenvalue weighted by Crippen LogP contribution is 2.29. The summed E-state index contributed by atoms with van der Waals surface area (Å²) in [5.74, 6) is -1.58. The predicted molar refractivity (Wildman–Crippen MR) is 67.7 cm³/mol. The van der Waals surface area contributed by atoms with Gasteiger partial charge in [-0.15, -0.1) is 0 Å². The lowest BCUT2D eigenvalue weighted by atomic mass is 9.86. The van der Waals surface area contributed by atoms with Gasteiger partial charge in [-0.1, -0.05) is 25.7 Å². The molecule has 0 atom stereocenters. The quantitative estimate of drug-likeness (QED) is 0.855. The highest BCUT2D eigenvalue weighted by Gasteiger charge is 2.35. The molecule has 0 bridgehead atoms. The van der Waals surface area contributed by atoms with E-state index in [0.29, 0.717) is 12.8 Å². The second-order valence-corrected chi connectivity index (χ2v) is 5.28. The molecule has 0 unspecified atom stereocenters. The molecule has 2 nitrogen and oxygen atoms in total. The van der Waals surface area contributed by atoms with Crippen LogP contribution in [0.25, 0.3) is 0 Å². The SMILES string of the molecule is O=C(Cc1cc(F)ccc1F)C1(O)CCCCCC1. The lowest BCUT2D eigenvalue weighted by Crippen LogP contribution is -2.39. The number of hydrogen-bond donors (Lipinski definition) is 1. The molecule has 1 fully saturated rings. The van der Waals surface area contributed by atoms with Crippen LogP contribution in [0.1, 0.15) is 44.1 Å². The van der Waals surface area contributed by atoms with Gasteiger partial charge in [0, 0.05) is 6.42 Å². The molecule has 0 spiro atoms. The van der Waals surface area contributed by atoms with Crippen LogP contribution in [0.4, 0.5) is 8.78 Å². The molecule has 1 aromatic carbocycles. The highest BCUT2D eigenvalue weighted by atomic mass is 19.1. The topological polar surface area (TPSA) is 37.3 Å². The van der Waals surface area contributed by atoms with Crippen molar-refractivity contribution in [3.05, 3.63) is 35.4 Å². The van der Waals surface area contributed by atoms with Gasteiger partial charge in [0.05, 0.1) is 0 Å². The zero-order valence-corrected chi connectivity index (χ0v) is 10.8. The minimum absolute atomic E-state index is 0.0164. The normalized spacial score (nSPS) is 18.9. The van der Waals surface area contributed by atoms with Crippen molar-refractivity contribution in [1.82, 2.24) is 0 Å². The van der Waals surface area contributed by atoms with Gasteiger partial charge in [-0.3, -0.25) is 4.79 Å². The summed E-state index contributed by atoms with van der Waals surface area (Å²) in [4.78, 5) is 12.2. The van der Waals surface area contributed by atoms with Gasteiger partial charge in [-0.2, -0.15) is 0 Å². The van der Waals surface area contributed by atoms with Crippen molar-refractivity contribution < 1.29 is 18.7 Å². The summed E-state index contributed by atoms with van der Waals surface area (Å²) >= 11 is 0. The summed E-state index contributed by atoms with van der Waals surface area (Å²) in [5, 5.41) is 10.4. The van der Waals surface area contributed by atoms with E-state index in [0.717, 1.165) is 43.9 Å². The van der Waals surface area contributed by atoms with Gasteiger partial charge in [0.15, 0.2) is 5.78 Å². The summed E-state index contributed by atoms with van der Waals surface area (Å²) in [7, 11) is 0. The first kappa shape index (κ1) is 14.1. The van der Waals surface area contributed by atoms with E-state index < -0.39 is 23.0 Å². The van der Waals surface area contributed by atoms with E-state index in [2.05, 4.69) is 0 Å². The average molecular weight is 268 g/mol. The molecule has 1 aliphatic rings. The number of benzene rings is 1. The van der Waals surface area contributed by atoms with Crippen LogP contribution in [-0.2, 0) is 11.2 Å². The summed E-state index contributed by atoms with van der Waals surface area (Å²) < 4.78 is 26.6. The Kier molecular flexibility index (Phi) is 4.30. The molecule has 1 N–H and O–H groups in total. The minimum Gasteiger partial charge on any atom is -0.382 e. The third kappa shape index (κ3) is 3.38. The molecule has 0 amide bonds. The van der Waals surface area contributed by atoms with E-state index in [-0.39, 0.29) is 12.0 Å². The number of rotatable bonds is 3. The first-order valence-corrected chi connectivity index (χ1v) is 6.71. The Bertz CT molecular complexity index is 463. The average Bonchev–Trinajstić information content (AvgIpc) is 2.60. The Morgan fingerprint density at radius 2 is 1.79 bits per heavy atom. The van der Waals surface area contributed by atoms with Crippen molar-refractivity contribution in [3.8, 4) is 0 Å². The van der Waals surface area contributed by atoms with Gasteiger partial charge in [0.2, 0.25) is 0 Å². The largest absolute Gasteiger partial charge is 0.382 e. The Morgan fingerprint density at radius 3 is 2.42 bits per heavy atom. The molecular weight excluding hydrogens is 250 g/mol. The molecule has 1 aromatic rings. The van der Waals surface area contributed by atoms with Gasteiger partial charge < -0.3 is 5.11 Å². The molecule has 4 heteroatoms. The van der Waals surface area contributed by atoms with Crippen LogP contribution in [0.5, 0.6) is 0 Å². The van der Waals surface area contributed by atoms with Crippen molar-refractivity contribution in [2.24, 2.45) is 0 Å². The van der Waals surface area contributed by atoms with Gasteiger partial charge in [0.25, 0.3) is 0 Å². The number of carbonyl (C=O) groups is 1. The molecule has 104 valence electrons. The minimum atomic E-state index is -1.37. The van der Waals surface area contributed by atoms with E-state index in [1.807, 2.05) is 0 Å². The number of halogens is 2. The number of carbonyl (C=O) groups excluding carboxylic acids is 1. The maximum atomic E-state index is 13.5. The van der Waals surface area contributed by atoms with Crippen molar-refractivity contribution in [1.29, 1.82) is 0 Å². The predicted octanol–water partition coefficient (Wildman–Crippen LogP) is 3.16. The van der Waals surface area contributed by atoms with Crippen LogP contribution in [-0.4, -0.2) is 16.5 Å². The third-order valence-corrected chi connectivity index (χ3v) is 3.81. The van der Waals surface area contributed by atoms with E-state index in [4.69, 9.17) is 0 Å². The first-order valence-electron chi connectivity index (χ1n) is 6.71. The van der Waals surface area contributed by atoms with Crippen LogP contribution in [0, 0.1) is 11.6 Å². The lowest BCUT2D eigenvalue weighted by molar-refractivity contribution is -0.138. The van der Waals surface area contributed by atoms with Crippen LogP contribution < -0.4 is 0 Å². The Labute approximate surface area is 111 Å². The molecule has 0 saturated heterocycles. The third-order valence-electron chi connectivity index (χ3n) is 3.81. The summed E-state index contributed by atoms with van der Waals surface area (Å²) in [6.07, 6.45) is 4.20. The summed E-state index contributed by atoms with van der Waals surface area (Å²) in [6.45, 7) is 0. The van der Waals surface area contributed by atoms with Crippen molar-refractivity contribution in [2.75, 3.05) is 0 Å². The van der Waals surface area contributed by atoms with Crippen molar-refractivity contribution in [2.45, 2.75) is 50.5 Å². The molecule has 0 radical (unpaired) electrons. The zero-order chi connectivity index (χ0) is 13.9. The fraction of sp³-hybridized carbons (Fsp3) is 0.533. The molecule has 2 rings (SSSR count). The summed E-state index contributed by atoms with van der Waals surface area (Å²) in [6, 6.07) is 3.05.